The summed E-state index contributed by atoms with van der Waals surface area (Å²) in [5.41, 5.74) is 0.859. The zero-order valence-corrected chi connectivity index (χ0v) is 14.1. The van der Waals surface area contributed by atoms with Gasteiger partial charge in [-0.05, 0) is 31.9 Å². The summed E-state index contributed by atoms with van der Waals surface area (Å²) < 4.78 is 10.2. The summed E-state index contributed by atoms with van der Waals surface area (Å²) in [7, 11) is 0. The molecule has 7 nitrogen and oxygen atoms in total. The molecule has 0 bridgehead atoms. The van der Waals surface area contributed by atoms with E-state index in [9.17, 15) is 9.59 Å². The van der Waals surface area contributed by atoms with Crippen LogP contribution in [-0.4, -0.2) is 31.4 Å². The highest BCUT2D eigenvalue weighted by Crippen LogP contribution is 2.15. The zero-order valence-electron chi connectivity index (χ0n) is 14.1. The average molecular weight is 340 g/mol. The summed E-state index contributed by atoms with van der Waals surface area (Å²) in [6, 6.07) is 9.29. The van der Waals surface area contributed by atoms with Gasteiger partial charge in [-0.1, -0.05) is 18.2 Å². The SMILES string of the molecule is CCn1cnc2c1c(=O)n(C[C@H]1CCCO1)c(=O)n2-c1ccccc1. The van der Waals surface area contributed by atoms with Crippen LogP contribution in [0.1, 0.15) is 19.8 Å². The molecule has 1 atom stereocenters. The molecule has 7 heteroatoms. The number of para-hydroxylation sites is 1. The highest BCUT2D eigenvalue weighted by molar-refractivity contribution is 5.72. The number of fused-ring (bicyclic) bond motifs is 1. The molecule has 3 heterocycles. The molecule has 2 aromatic heterocycles. The molecule has 1 aliphatic heterocycles. The second-order valence-electron chi connectivity index (χ2n) is 6.21. The Labute approximate surface area is 144 Å². The summed E-state index contributed by atoms with van der Waals surface area (Å²) in [5, 5.41) is 0. The molecule has 25 heavy (non-hydrogen) atoms. The average Bonchev–Trinajstić information content (AvgIpc) is 3.29. The van der Waals surface area contributed by atoms with Gasteiger partial charge in [-0.2, -0.15) is 0 Å². The summed E-state index contributed by atoms with van der Waals surface area (Å²) in [5.74, 6) is 0. The van der Waals surface area contributed by atoms with Crippen LogP contribution in [0.2, 0.25) is 0 Å². The van der Waals surface area contributed by atoms with Crippen molar-refractivity contribution in [3.8, 4) is 5.69 Å². The second-order valence-corrected chi connectivity index (χ2v) is 6.21. The van der Waals surface area contributed by atoms with Crippen LogP contribution in [0.15, 0.2) is 46.2 Å². The third kappa shape index (κ3) is 2.60. The quantitative estimate of drug-likeness (QED) is 0.722. The minimum Gasteiger partial charge on any atom is -0.376 e. The number of rotatable bonds is 4. The fraction of sp³-hybridized carbons (Fsp3) is 0.389. The van der Waals surface area contributed by atoms with Crippen molar-refractivity contribution < 1.29 is 4.74 Å². The maximum Gasteiger partial charge on any atom is 0.337 e. The lowest BCUT2D eigenvalue weighted by Gasteiger charge is -2.15. The van der Waals surface area contributed by atoms with Crippen LogP contribution in [0.25, 0.3) is 16.9 Å². The van der Waals surface area contributed by atoms with Crippen LogP contribution in [0.5, 0.6) is 0 Å². The van der Waals surface area contributed by atoms with E-state index in [4.69, 9.17) is 4.74 Å². The van der Waals surface area contributed by atoms with E-state index in [1.807, 2.05) is 37.3 Å². The number of imidazole rings is 1. The first-order chi connectivity index (χ1) is 12.2. The van der Waals surface area contributed by atoms with Crippen molar-refractivity contribution >= 4 is 11.2 Å². The third-order valence-corrected chi connectivity index (χ3v) is 4.67. The van der Waals surface area contributed by atoms with Crippen molar-refractivity contribution in [1.29, 1.82) is 0 Å². The van der Waals surface area contributed by atoms with Gasteiger partial charge in [0.2, 0.25) is 0 Å². The Morgan fingerprint density at radius 1 is 1.24 bits per heavy atom. The van der Waals surface area contributed by atoms with Crippen molar-refractivity contribution in [2.45, 2.75) is 39.0 Å². The number of hydrogen-bond donors (Lipinski definition) is 0. The van der Waals surface area contributed by atoms with Crippen molar-refractivity contribution in [2.75, 3.05) is 6.61 Å². The molecule has 4 rings (SSSR count). The van der Waals surface area contributed by atoms with Crippen LogP contribution in [0.4, 0.5) is 0 Å². The van der Waals surface area contributed by atoms with Gasteiger partial charge in [0.1, 0.15) is 0 Å². The molecule has 0 N–H and O–H groups in total. The lowest BCUT2D eigenvalue weighted by atomic mass is 10.2. The molecule has 1 saturated heterocycles. The van der Waals surface area contributed by atoms with Crippen molar-refractivity contribution in [1.82, 2.24) is 18.7 Å². The monoisotopic (exact) mass is 340 g/mol. The largest absolute Gasteiger partial charge is 0.376 e. The first-order valence-corrected chi connectivity index (χ1v) is 8.58. The van der Waals surface area contributed by atoms with Gasteiger partial charge in [0.25, 0.3) is 5.56 Å². The molecule has 0 radical (unpaired) electrons. The van der Waals surface area contributed by atoms with Gasteiger partial charge in [0.05, 0.1) is 24.7 Å². The molecular formula is C18H20N4O3. The van der Waals surface area contributed by atoms with E-state index in [1.54, 1.807) is 10.9 Å². The standard InChI is InChI=1S/C18H20N4O3/c1-2-20-12-19-16-15(20)17(23)21(11-14-9-6-10-25-14)18(24)22(16)13-7-4-3-5-8-13/h3-5,7-8,12,14H,2,6,9-11H2,1H3/t14-/m1/s1. The van der Waals surface area contributed by atoms with E-state index in [-0.39, 0.29) is 23.9 Å². The number of aryl methyl sites for hydroxylation is 1. The Morgan fingerprint density at radius 3 is 2.72 bits per heavy atom. The smallest absolute Gasteiger partial charge is 0.337 e. The van der Waals surface area contributed by atoms with Gasteiger partial charge in [-0.3, -0.25) is 9.36 Å². The predicted molar refractivity (Wildman–Crippen MR) is 94.2 cm³/mol. The Hall–Kier alpha value is -2.67. The van der Waals surface area contributed by atoms with Crippen molar-refractivity contribution in [2.24, 2.45) is 0 Å². The molecule has 0 aliphatic carbocycles. The first kappa shape index (κ1) is 15.8. The van der Waals surface area contributed by atoms with Crippen LogP contribution in [-0.2, 0) is 17.8 Å². The lowest BCUT2D eigenvalue weighted by molar-refractivity contribution is 0.0950. The number of hydrogen-bond acceptors (Lipinski definition) is 4. The Morgan fingerprint density at radius 2 is 2.04 bits per heavy atom. The zero-order chi connectivity index (χ0) is 17.4. The van der Waals surface area contributed by atoms with Gasteiger partial charge in [0, 0.05) is 13.2 Å². The Balaban J connectivity index is 2.01. The molecule has 1 aromatic carbocycles. The van der Waals surface area contributed by atoms with Gasteiger partial charge in [-0.15, -0.1) is 0 Å². The Kier molecular flexibility index (Phi) is 4.01. The molecule has 1 fully saturated rings. The second kappa shape index (κ2) is 6.33. The molecule has 1 aliphatic rings. The van der Waals surface area contributed by atoms with E-state index in [2.05, 4.69) is 4.98 Å². The normalized spacial score (nSPS) is 17.4. The molecule has 0 spiro atoms. The minimum atomic E-state index is -0.374. The number of aromatic nitrogens is 4. The Bertz CT molecular complexity index is 1010. The van der Waals surface area contributed by atoms with Crippen LogP contribution < -0.4 is 11.2 Å². The molecule has 3 aromatic rings. The van der Waals surface area contributed by atoms with E-state index in [1.165, 1.54) is 9.13 Å². The summed E-state index contributed by atoms with van der Waals surface area (Å²) in [6.45, 7) is 3.51. The van der Waals surface area contributed by atoms with Crippen LogP contribution >= 0.6 is 0 Å². The van der Waals surface area contributed by atoms with Crippen molar-refractivity contribution in [3.63, 3.8) is 0 Å². The summed E-state index contributed by atoms with van der Waals surface area (Å²) in [4.78, 5) is 30.4. The fourth-order valence-electron chi connectivity index (χ4n) is 3.38. The predicted octanol–water partition coefficient (Wildman–Crippen LogP) is 1.55. The maximum absolute atomic E-state index is 13.1. The first-order valence-electron chi connectivity index (χ1n) is 8.58. The molecule has 0 amide bonds. The van der Waals surface area contributed by atoms with E-state index < -0.39 is 0 Å². The number of nitrogens with zero attached hydrogens (tertiary/aromatic N) is 4. The highest BCUT2D eigenvalue weighted by atomic mass is 16.5. The summed E-state index contributed by atoms with van der Waals surface area (Å²) >= 11 is 0. The van der Waals surface area contributed by atoms with Crippen molar-refractivity contribution in [3.05, 3.63) is 57.5 Å². The fourth-order valence-corrected chi connectivity index (χ4v) is 3.38. The van der Waals surface area contributed by atoms with Gasteiger partial charge in [-0.25, -0.2) is 14.3 Å². The molecule has 0 saturated carbocycles. The number of benzene rings is 1. The van der Waals surface area contributed by atoms with E-state index >= 15 is 0 Å². The van der Waals surface area contributed by atoms with Gasteiger partial charge >= 0.3 is 5.69 Å². The van der Waals surface area contributed by atoms with E-state index in [0.29, 0.717) is 30.0 Å². The van der Waals surface area contributed by atoms with Gasteiger partial charge < -0.3 is 9.30 Å². The minimum absolute atomic E-state index is 0.0925. The highest BCUT2D eigenvalue weighted by Gasteiger charge is 2.23. The van der Waals surface area contributed by atoms with Crippen LogP contribution in [0, 0.1) is 0 Å². The van der Waals surface area contributed by atoms with Crippen LogP contribution in [0.3, 0.4) is 0 Å². The lowest BCUT2D eigenvalue weighted by Crippen LogP contribution is -2.42. The topological polar surface area (TPSA) is 71.1 Å². The third-order valence-electron chi connectivity index (χ3n) is 4.67. The molecule has 0 unspecified atom stereocenters. The molecule has 130 valence electrons. The number of ether oxygens (including phenoxy) is 1. The van der Waals surface area contributed by atoms with Gasteiger partial charge in [0.15, 0.2) is 11.2 Å². The van der Waals surface area contributed by atoms with E-state index in [0.717, 1.165) is 12.8 Å². The summed E-state index contributed by atoms with van der Waals surface area (Å²) in [6.07, 6.45) is 3.34. The maximum atomic E-state index is 13.1. The molecular weight excluding hydrogens is 320 g/mol.